The molecule has 0 saturated carbocycles. The smallest absolute Gasteiger partial charge is 0.0462 e. The Morgan fingerprint density at radius 1 is 1.43 bits per heavy atom. The van der Waals surface area contributed by atoms with Gasteiger partial charge in [0.2, 0.25) is 0 Å². The molecule has 1 N–H and O–H groups in total. The monoisotopic (exact) mass is 217 g/mol. The summed E-state index contributed by atoms with van der Waals surface area (Å²) in [5, 5.41) is 3.65. The third-order valence-electron chi connectivity index (χ3n) is 2.78. The van der Waals surface area contributed by atoms with Gasteiger partial charge in [-0.1, -0.05) is 6.92 Å². The molecular weight excluding hydrogens is 194 g/mol. The van der Waals surface area contributed by atoms with E-state index in [-0.39, 0.29) is 0 Å². The number of hydrogen-bond acceptors (Lipinski definition) is 3. The standard InChI is InChI=1S/C11H23NOS/c1-3-6-12-11-9-14-8-10(11)5-4-7-13-2/h10-12H,3-9H2,1-2H3. The summed E-state index contributed by atoms with van der Waals surface area (Å²) in [6.07, 6.45) is 3.78. The van der Waals surface area contributed by atoms with Gasteiger partial charge in [-0.25, -0.2) is 0 Å². The average Bonchev–Trinajstić information content (AvgIpc) is 2.63. The largest absolute Gasteiger partial charge is 0.385 e. The molecule has 2 unspecified atom stereocenters. The zero-order valence-corrected chi connectivity index (χ0v) is 10.2. The predicted molar refractivity (Wildman–Crippen MR) is 64.0 cm³/mol. The first-order valence-electron chi connectivity index (χ1n) is 5.68. The van der Waals surface area contributed by atoms with Crippen LogP contribution in [0.25, 0.3) is 0 Å². The number of nitrogens with one attached hydrogen (secondary N) is 1. The molecule has 2 atom stereocenters. The summed E-state index contributed by atoms with van der Waals surface area (Å²) in [5.41, 5.74) is 0. The van der Waals surface area contributed by atoms with Gasteiger partial charge in [0.25, 0.3) is 0 Å². The van der Waals surface area contributed by atoms with E-state index in [4.69, 9.17) is 4.74 Å². The van der Waals surface area contributed by atoms with Crippen LogP contribution in [0.5, 0.6) is 0 Å². The molecule has 0 spiro atoms. The fraction of sp³-hybridized carbons (Fsp3) is 1.00. The highest BCUT2D eigenvalue weighted by atomic mass is 32.2. The minimum Gasteiger partial charge on any atom is -0.385 e. The first kappa shape index (κ1) is 12.3. The Morgan fingerprint density at radius 3 is 3.00 bits per heavy atom. The SMILES string of the molecule is CCCNC1CSCC1CCCOC. The number of hydrogen-bond donors (Lipinski definition) is 1. The maximum atomic E-state index is 5.09. The van der Waals surface area contributed by atoms with Crippen molar-refractivity contribution in [3.8, 4) is 0 Å². The van der Waals surface area contributed by atoms with Crippen LogP contribution in [0, 0.1) is 5.92 Å². The molecule has 1 rings (SSSR count). The van der Waals surface area contributed by atoms with Gasteiger partial charge in [-0.15, -0.1) is 0 Å². The van der Waals surface area contributed by atoms with E-state index in [1.807, 2.05) is 0 Å². The molecule has 1 aliphatic heterocycles. The van der Waals surface area contributed by atoms with E-state index >= 15 is 0 Å². The van der Waals surface area contributed by atoms with E-state index in [2.05, 4.69) is 24.0 Å². The molecule has 0 amide bonds. The molecule has 3 heteroatoms. The Morgan fingerprint density at radius 2 is 2.29 bits per heavy atom. The predicted octanol–water partition coefficient (Wildman–Crippen LogP) is 2.14. The lowest BCUT2D eigenvalue weighted by Crippen LogP contribution is -2.35. The highest BCUT2D eigenvalue weighted by molar-refractivity contribution is 7.99. The quantitative estimate of drug-likeness (QED) is 0.660. The van der Waals surface area contributed by atoms with Gasteiger partial charge < -0.3 is 10.1 Å². The van der Waals surface area contributed by atoms with Gasteiger partial charge in [0, 0.05) is 25.5 Å². The van der Waals surface area contributed by atoms with Crippen molar-refractivity contribution in [2.75, 3.05) is 31.8 Å². The molecule has 0 aromatic heterocycles. The van der Waals surface area contributed by atoms with E-state index in [9.17, 15) is 0 Å². The van der Waals surface area contributed by atoms with Crippen molar-refractivity contribution in [2.45, 2.75) is 32.2 Å². The van der Waals surface area contributed by atoms with Crippen LogP contribution in [0.4, 0.5) is 0 Å². The highest BCUT2D eigenvalue weighted by Gasteiger charge is 2.26. The molecule has 0 aliphatic carbocycles. The number of rotatable bonds is 7. The third kappa shape index (κ3) is 4.20. The van der Waals surface area contributed by atoms with E-state index in [0.29, 0.717) is 0 Å². The molecule has 1 aliphatic rings. The molecule has 1 saturated heterocycles. The van der Waals surface area contributed by atoms with Crippen molar-refractivity contribution >= 4 is 11.8 Å². The van der Waals surface area contributed by atoms with Crippen LogP contribution in [0.15, 0.2) is 0 Å². The second-order valence-electron chi connectivity index (χ2n) is 3.99. The first-order chi connectivity index (χ1) is 6.88. The Hall–Kier alpha value is 0.270. The average molecular weight is 217 g/mol. The van der Waals surface area contributed by atoms with Crippen molar-refractivity contribution in [3.63, 3.8) is 0 Å². The first-order valence-corrected chi connectivity index (χ1v) is 6.84. The summed E-state index contributed by atoms with van der Waals surface area (Å²) in [6, 6.07) is 0.761. The molecular formula is C11H23NOS. The minimum atomic E-state index is 0.761. The summed E-state index contributed by atoms with van der Waals surface area (Å²) in [6.45, 7) is 4.32. The van der Waals surface area contributed by atoms with Gasteiger partial charge in [0.15, 0.2) is 0 Å². The summed E-state index contributed by atoms with van der Waals surface area (Å²) >= 11 is 2.10. The molecule has 1 fully saturated rings. The molecule has 0 aromatic carbocycles. The maximum Gasteiger partial charge on any atom is 0.0462 e. The lowest BCUT2D eigenvalue weighted by atomic mass is 9.98. The summed E-state index contributed by atoms with van der Waals surface area (Å²) in [4.78, 5) is 0. The van der Waals surface area contributed by atoms with E-state index in [0.717, 1.165) is 18.6 Å². The van der Waals surface area contributed by atoms with Crippen LogP contribution in [-0.2, 0) is 4.74 Å². The molecule has 84 valence electrons. The molecule has 14 heavy (non-hydrogen) atoms. The highest BCUT2D eigenvalue weighted by Crippen LogP contribution is 2.27. The molecule has 0 aromatic rings. The molecule has 0 bridgehead atoms. The molecule has 1 heterocycles. The van der Waals surface area contributed by atoms with E-state index in [1.165, 1.54) is 37.3 Å². The van der Waals surface area contributed by atoms with Crippen molar-refractivity contribution in [2.24, 2.45) is 5.92 Å². The van der Waals surface area contributed by atoms with Gasteiger partial charge in [-0.2, -0.15) is 11.8 Å². The Kier molecular flexibility index (Phi) is 6.65. The number of thioether (sulfide) groups is 1. The summed E-state index contributed by atoms with van der Waals surface area (Å²) in [7, 11) is 1.79. The van der Waals surface area contributed by atoms with Gasteiger partial charge in [-0.05, 0) is 37.5 Å². The van der Waals surface area contributed by atoms with Crippen LogP contribution >= 0.6 is 11.8 Å². The second kappa shape index (κ2) is 7.55. The third-order valence-corrected chi connectivity index (χ3v) is 4.04. The van der Waals surface area contributed by atoms with Crippen molar-refractivity contribution in [1.29, 1.82) is 0 Å². The number of ether oxygens (including phenoxy) is 1. The lowest BCUT2D eigenvalue weighted by Gasteiger charge is -2.19. The summed E-state index contributed by atoms with van der Waals surface area (Å²) in [5.74, 6) is 3.52. The van der Waals surface area contributed by atoms with E-state index in [1.54, 1.807) is 7.11 Å². The van der Waals surface area contributed by atoms with Crippen LogP contribution < -0.4 is 5.32 Å². The van der Waals surface area contributed by atoms with Gasteiger partial charge in [-0.3, -0.25) is 0 Å². The molecule has 0 radical (unpaired) electrons. The number of methoxy groups -OCH3 is 1. The Bertz CT molecular complexity index is 143. The normalized spacial score (nSPS) is 27.0. The zero-order chi connectivity index (χ0) is 10.2. The Labute approximate surface area is 92.2 Å². The van der Waals surface area contributed by atoms with Crippen LogP contribution in [0.3, 0.4) is 0 Å². The fourth-order valence-corrected chi connectivity index (χ4v) is 3.41. The van der Waals surface area contributed by atoms with Crippen molar-refractivity contribution < 1.29 is 4.74 Å². The maximum absolute atomic E-state index is 5.09. The second-order valence-corrected chi connectivity index (χ2v) is 5.07. The van der Waals surface area contributed by atoms with Crippen LogP contribution in [0.1, 0.15) is 26.2 Å². The fourth-order valence-electron chi connectivity index (χ4n) is 1.93. The van der Waals surface area contributed by atoms with Crippen molar-refractivity contribution in [1.82, 2.24) is 5.32 Å². The van der Waals surface area contributed by atoms with Crippen molar-refractivity contribution in [3.05, 3.63) is 0 Å². The topological polar surface area (TPSA) is 21.3 Å². The van der Waals surface area contributed by atoms with Crippen LogP contribution in [0.2, 0.25) is 0 Å². The summed E-state index contributed by atoms with van der Waals surface area (Å²) < 4.78 is 5.09. The zero-order valence-electron chi connectivity index (χ0n) is 9.42. The van der Waals surface area contributed by atoms with Crippen LogP contribution in [-0.4, -0.2) is 37.8 Å². The van der Waals surface area contributed by atoms with Gasteiger partial charge in [0.1, 0.15) is 0 Å². The minimum absolute atomic E-state index is 0.761. The van der Waals surface area contributed by atoms with Gasteiger partial charge >= 0.3 is 0 Å². The lowest BCUT2D eigenvalue weighted by molar-refractivity contribution is 0.185. The van der Waals surface area contributed by atoms with Gasteiger partial charge in [0.05, 0.1) is 0 Å². The Balaban J connectivity index is 2.14. The molecule has 2 nitrogen and oxygen atoms in total. The van der Waals surface area contributed by atoms with E-state index < -0.39 is 0 Å².